The SMILES string of the molecule is CN=C(NCCc1cn2cccc(C)c2n1)NCc1ccc(C(=O)N(C)C)cc1.I. The molecule has 0 radical (unpaired) electrons. The van der Waals surface area contributed by atoms with E-state index in [0.29, 0.717) is 12.1 Å². The van der Waals surface area contributed by atoms with Crippen LogP contribution in [0.15, 0.2) is 53.8 Å². The number of rotatable bonds is 6. The lowest BCUT2D eigenvalue weighted by Gasteiger charge is -2.13. The zero-order valence-corrected chi connectivity index (χ0v) is 20.2. The van der Waals surface area contributed by atoms with Gasteiger partial charge in [0.25, 0.3) is 5.91 Å². The number of nitrogens with zero attached hydrogens (tertiary/aromatic N) is 4. The quantitative estimate of drug-likeness (QED) is 0.298. The van der Waals surface area contributed by atoms with Crippen LogP contribution in [0.25, 0.3) is 5.65 Å². The lowest BCUT2D eigenvalue weighted by atomic mass is 10.1. The summed E-state index contributed by atoms with van der Waals surface area (Å²) in [5.41, 5.74) is 4.98. The molecule has 0 aliphatic rings. The molecule has 7 nitrogen and oxygen atoms in total. The van der Waals surface area contributed by atoms with Crippen molar-refractivity contribution in [3.8, 4) is 0 Å². The van der Waals surface area contributed by atoms with Crippen molar-refractivity contribution >= 4 is 41.5 Å². The van der Waals surface area contributed by atoms with Gasteiger partial charge in [-0.15, -0.1) is 24.0 Å². The molecule has 0 fully saturated rings. The van der Waals surface area contributed by atoms with Crippen molar-refractivity contribution in [3.05, 3.63) is 71.2 Å². The smallest absolute Gasteiger partial charge is 0.253 e. The summed E-state index contributed by atoms with van der Waals surface area (Å²) < 4.78 is 2.06. The van der Waals surface area contributed by atoms with Gasteiger partial charge in [0.05, 0.1) is 5.69 Å². The first-order valence-corrected chi connectivity index (χ1v) is 9.66. The summed E-state index contributed by atoms with van der Waals surface area (Å²) in [6.45, 7) is 3.43. The molecule has 0 saturated carbocycles. The third-order valence-corrected chi connectivity index (χ3v) is 4.69. The second-order valence-corrected chi connectivity index (χ2v) is 7.15. The molecule has 0 atom stereocenters. The fourth-order valence-electron chi connectivity index (χ4n) is 3.06. The number of aromatic nitrogens is 2. The molecule has 0 spiro atoms. The Morgan fingerprint density at radius 2 is 1.90 bits per heavy atom. The van der Waals surface area contributed by atoms with E-state index >= 15 is 0 Å². The highest BCUT2D eigenvalue weighted by atomic mass is 127. The van der Waals surface area contributed by atoms with Crippen molar-refractivity contribution in [1.82, 2.24) is 24.9 Å². The number of hydrogen-bond acceptors (Lipinski definition) is 3. The van der Waals surface area contributed by atoms with E-state index in [-0.39, 0.29) is 29.9 Å². The van der Waals surface area contributed by atoms with Gasteiger partial charge in [0.15, 0.2) is 5.96 Å². The maximum atomic E-state index is 12.0. The van der Waals surface area contributed by atoms with Crippen LogP contribution < -0.4 is 10.6 Å². The molecule has 2 heterocycles. The van der Waals surface area contributed by atoms with Gasteiger partial charge >= 0.3 is 0 Å². The molecule has 0 aliphatic carbocycles. The summed E-state index contributed by atoms with van der Waals surface area (Å²) in [5, 5.41) is 6.62. The largest absolute Gasteiger partial charge is 0.356 e. The predicted molar refractivity (Wildman–Crippen MR) is 132 cm³/mol. The Kier molecular flexibility index (Phi) is 8.64. The number of pyridine rings is 1. The van der Waals surface area contributed by atoms with E-state index in [2.05, 4.69) is 39.2 Å². The van der Waals surface area contributed by atoms with Crippen LogP contribution in [-0.2, 0) is 13.0 Å². The summed E-state index contributed by atoms with van der Waals surface area (Å²) in [4.78, 5) is 22.5. The molecule has 1 aromatic carbocycles. The lowest BCUT2D eigenvalue weighted by Crippen LogP contribution is -2.37. The summed E-state index contributed by atoms with van der Waals surface area (Å²) >= 11 is 0. The van der Waals surface area contributed by atoms with Crippen molar-refractivity contribution < 1.29 is 4.79 Å². The van der Waals surface area contributed by atoms with Gasteiger partial charge in [-0.3, -0.25) is 9.79 Å². The fourth-order valence-corrected chi connectivity index (χ4v) is 3.06. The first-order chi connectivity index (χ1) is 14.0. The molecule has 0 aliphatic heterocycles. The number of carbonyl (C=O) groups is 1. The van der Waals surface area contributed by atoms with Crippen LogP contribution in [0.4, 0.5) is 0 Å². The van der Waals surface area contributed by atoms with E-state index in [9.17, 15) is 4.79 Å². The molecule has 3 aromatic rings. The van der Waals surface area contributed by atoms with Gasteiger partial charge in [-0.25, -0.2) is 4.98 Å². The maximum absolute atomic E-state index is 12.0. The van der Waals surface area contributed by atoms with Crippen LogP contribution in [0, 0.1) is 6.92 Å². The highest BCUT2D eigenvalue weighted by Gasteiger charge is 2.08. The molecule has 0 bridgehead atoms. The van der Waals surface area contributed by atoms with Crippen molar-refractivity contribution in [1.29, 1.82) is 0 Å². The zero-order valence-electron chi connectivity index (χ0n) is 17.8. The molecule has 0 saturated heterocycles. The molecule has 30 heavy (non-hydrogen) atoms. The van der Waals surface area contributed by atoms with Crippen LogP contribution in [-0.4, -0.2) is 53.8 Å². The Hall–Kier alpha value is -2.62. The third kappa shape index (κ3) is 5.94. The molecule has 0 unspecified atom stereocenters. The highest BCUT2D eigenvalue weighted by molar-refractivity contribution is 14.0. The van der Waals surface area contributed by atoms with Gasteiger partial charge in [-0.2, -0.15) is 0 Å². The van der Waals surface area contributed by atoms with Gasteiger partial charge < -0.3 is 19.9 Å². The molecule has 2 aromatic heterocycles. The maximum Gasteiger partial charge on any atom is 0.253 e. The lowest BCUT2D eigenvalue weighted by molar-refractivity contribution is 0.0827. The molecule has 160 valence electrons. The molecule has 2 N–H and O–H groups in total. The number of guanidine groups is 1. The predicted octanol–water partition coefficient (Wildman–Crippen LogP) is 2.87. The van der Waals surface area contributed by atoms with Crippen molar-refractivity contribution in [2.75, 3.05) is 27.7 Å². The van der Waals surface area contributed by atoms with Crippen molar-refractivity contribution in [3.63, 3.8) is 0 Å². The number of benzene rings is 1. The minimum Gasteiger partial charge on any atom is -0.356 e. The number of amides is 1. The molecular formula is C22H29IN6O. The Labute approximate surface area is 194 Å². The summed E-state index contributed by atoms with van der Waals surface area (Å²) in [6.07, 6.45) is 4.89. The highest BCUT2D eigenvalue weighted by Crippen LogP contribution is 2.10. The van der Waals surface area contributed by atoms with E-state index in [4.69, 9.17) is 4.98 Å². The van der Waals surface area contributed by atoms with Crippen molar-refractivity contribution in [2.24, 2.45) is 4.99 Å². The minimum atomic E-state index is 0. The second-order valence-electron chi connectivity index (χ2n) is 7.15. The van der Waals surface area contributed by atoms with Gasteiger partial charge in [0.2, 0.25) is 0 Å². The Bertz CT molecular complexity index is 1010. The number of fused-ring (bicyclic) bond motifs is 1. The topological polar surface area (TPSA) is 74.0 Å². The van der Waals surface area contributed by atoms with Gasteiger partial charge in [0, 0.05) is 58.6 Å². The Morgan fingerprint density at radius 3 is 2.53 bits per heavy atom. The number of hydrogen-bond donors (Lipinski definition) is 2. The van der Waals surface area contributed by atoms with Gasteiger partial charge in [-0.1, -0.05) is 18.2 Å². The van der Waals surface area contributed by atoms with E-state index in [0.717, 1.165) is 35.8 Å². The normalized spacial score (nSPS) is 11.1. The average molecular weight is 520 g/mol. The second kappa shape index (κ2) is 11.0. The number of aliphatic imine (C=N–C) groups is 1. The van der Waals surface area contributed by atoms with E-state index in [1.165, 1.54) is 5.56 Å². The van der Waals surface area contributed by atoms with Crippen LogP contribution in [0.1, 0.15) is 27.2 Å². The van der Waals surface area contributed by atoms with Crippen LogP contribution in [0.5, 0.6) is 0 Å². The molecular weight excluding hydrogens is 491 g/mol. The standard InChI is InChI=1S/C22H28N6O.HI/c1-16-6-5-13-28-15-19(26-20(16)28)11-12-24-22(23-2)25-14-17-7-9-18(10-8-17)21(29)27(3)4;/h5-10,13,15H,11-12,14H2,1-4H3,(H2,23,24,25);1H. The molecule has 3 rings (SSSR count). The van der Waals surface area contributed by atoms with Crippen LogP contribution in [0.3, 0.4) is 0 Å². The number of nitrogens with one attached hydrogen (secondary N) is 2. The first-order valence-electron chi connectivity index (χ1n) is 9.66. The average Bonchev–Trinajstić information content (AvgIpc) is 3.14. The van der Waals surface area contributed by atoms with Crippen molar-refractivity contribution in [2.45, 2.75) is 19.9 Å². The summed E-state index contributed by atoms with van der Waals surface area (Å²) in [6, 6.07) is 11.7. The zero-order chi connectivity index (χ0) is 20.8. The number of halogens is 1. The van der Waals surface area contributed by atoms with Gasteiger partial charge in [-0.05, 0) is 36.2 Å². The fraction of sp³-hybridized carbons (Fsp3) is 0.318. The Morgan fingerprint density at radius 1 is 1.17 bits per heavy atom. The number of carbonyl (C=O) groups excluding carboxylic acids is 1. The Balaban J connectivity index is 0.00000320. The monoisotopic (exact) mass is 520 g/mol. The minimum absolute atomic E-state index is 0. The van der Waals surface area contributed by atoms with E-state index in [1.54, 1.807) is 26.0 Å². The number of imidazole rings is 1. The van der Waals surface area contributed by atoms with E-state index < -0.39 is 0 Å². The summed E-state index contributed by atoms with van der Waals surface area (Å²) in [5.74, 6) is 0.738. The third-order valence-electron chi connectivity index (χ3n) is 4.69. The molecule has 8 heteroatoms. The van der Waals surface area contributed by atoms with Crippen LogP contribution in [0.2, 0.25) is 0 Å². The first kappa shape index (κ1) is 23.7. The van der Waals surface area contributed by atoms with Crippen LogP contribution >= 0.6 is 24.0 Å². The van der Waals surface area contributed by atoms with E-state index in [1.807, 2.05) is 36.5 Å². The van der Waals surface area contributed by atoms with Gasteiger partial charge in [0.1, 0.15) is 5.65 Å². The number of aryl methyl sites for hydroxylation is 1. The molecule has 1 amide bonds. The summed E-state index contributed by atoms with van der Waals surface area (Å²) in [7, 11) is 5.25.